The summed E-state index contributed by atoms with van der Waals surface area (Å²) >= 11 is 1.71. The number of nitrogens with two attached hydrogens (primary N) is 1. The number of thiophene rings is 1. The van der Waals surface area contributed by atoms with Crippen molar-refractivity contribution in [2.24, 2.45) is 10.7 Å². The third kappa shape index (κ3) is 2.93. The maximum absolute atomic E-state index is 13.4. The van der Waals surface area contributed by atoms with Crippen molar-refractivity contribution in [1.82, 2.24) is 4.90 Å². The summed E-state index contributed by atoms with van der Waals surface area (Å²) in [5.41, 5.74) is 6.83. The maximum Gasteiger partial charge on any atom is 0.192 e. The number of rotatable bonds is 4. The highest BCUT2D eigenvalue weighted by Crippen LogP contribution is 2.29. The van der Waals surface area contributed by atoms with Crippen molar-refractivity contribution >= 4 is 17.3 Å². The average Bonchev–Trinajstić information content (AvgIpc) is 3.03. The molecule has 1 aliphatic heterocycles. The van der Waals surface area contributed by atoms with Gasteiger partial charge in [0.25, 0.3) is 0 Å². The molecule has 2 N–H and O–H groups in total. The van der Waals surface area contributed by atoms with Crippen LogP contribution in [0, 0.1) is 5.82 Å². The summed E-state index contributed by atoms with van der Waals surface area (Å²) in [5, 5.41) is 2.06. The molecule has 21 heavy (non-hydrogen) atoms. The van der Waals surface area contributed by atoms with E-state index in [0.717, 1.165) is 18.5 Å². The van der Waals surface area contributed by atoms with E-state index in [0.29, 0.717) is 12.5 Å². The lowest BCUT2D eigenvalue weighted by Crippen LogP contribution is -2.50. The molecule has 0 bridgehead atoms. The van der Waals surface area contributed by atoms with Crippen molar-refractivity contribution in [3.8, 4) is 0 Å². The Kier molecular flexibility index (Phi) is 3.68. The van der Waals surface area contributed by atoms with Crippen molar-refractivity contribution in [3.05, 3.63) is 58.0 Å². The smallest absolute Gasteiger partial charge is 0.192 e. The van der Waals surface area contributed by atoms with Gasteiger partial charge in [0.05, 0.1) is 18.6 Å². The molecule has 3 nitrogen and oxygen atoms in total. The van der Waals surface area contributed by atoms with Gasteiger partial charge in [-0.1, -0.05) is 18.2 Å². The normalized spacial score (nSPS) is 21.6. The van der Waals surface area contributed by atoms with Crippen LogP contribution in [0.25, 0.3) is 0 Å². The summed E-state index contributed by atoms with van der Waals surface area (Å²) in [6.45, 7) is 3.52. The quantitative estimate of drug-likeness (QED) is 0.943. The molecule has 0 amide bonds. The molecule has 0 radical (unpaired) electrons. The standard InChI is InChI=1S/C16H18FN3S/c1-16(9-12-4-2-5-13(17)8-12)11-19-15(18)20(16)10-14-6-3-7-21-14/h2-8H,9-11H2,1H3,(H2,18,19). The Morgan fingerprint density at radius 3 is 2.95 bits per heavy atom. The predicted octanol–water partition coefficient (Wildman–Crippen LogP) is 3.02. The highest BCUT2D eigenvalue weighted by molar-refractivity contribution is 7.09. The van der Waals surface area contributed by atoms with Crippen LogP contribution in [0.4, 0.5) is 4.39 Å². The van der Waals surface area contributed by atoms with E-state index in [4.69, 9.17) is 5.73 Å². The van der Waals surface area contributed by atoms with E-state index in [9.17, 15) is 4.39 Å². The van der Waals surface area contributed by atoms with Crippen LogP contribution in [0.3, 0.4) is 0 Å². The molecule has 0 saturated carbocycles. The molecule has 1 aliphatic rings. The van der Waals surface area contributed by atoms with Crippen LogP contribution in [-0.4, -0.2) is 22.9 Å². The van der Waals surface area contributed by atoms with E-state index in [-0.39, 0.29) is 11.4 Å². The van der Waals surface area contributed by atoms with E-state index in [2.05, 4.69) is 28.3 Å². The fourth-order valence-corrected chi connectivity index (χ4v) is 3.46. The average molecular weight is 303 g/mol. The van der Waals surface area contributed by atoms with Gasteiger partial charge < -0.3 is 10.6 Å². The van der Waals surface area contributed by atoms with Gasteiger partial charge in [-0.15, -0.1) is 11.3 Å². The summed E-state index contributed by atoms with van der Waals surface area (Å²) in [6, 6.07) is 10.9. The molecule has 1 unspecified atom stereocenters. The summed E-state index contributed by atoms with van der Waals surface area (Å²) in [4.78, 5) is 7.78. The lowest BCUT2D eigenvalue weighted by molar-refractivity contribution is 0.215. The summed E-state index contributed by atoms with van der Waals surface area (Å²) in [5.74, 6) is 0.370. The Labute approximate surface area is 127 Å². The Morgan fingerprint density at radius 1 is 1.38 bits per heavy atom. The first-order valence-electron chi connectivity index (χ1n) is 6.91. The van der Waals surface area contributed by atoms with Crippen LogP contribution in [-0.2, 0) is 13.0 Å². The molecule has 5 heteroatoms. The van der Waals surface area contributed by atoms with Crippen LogP contribution >= 0.6 is 11.3 Å². The van der Waals surface area contributed by atoms with Gasteiger partial charge in [0.1, 0.15) is 5.82 Å². The number of halogens is 1. The van der Waals surface area contributed by atoms with Gasteiger partial charge in [0.2, 0.25) is 0 Å². The third-order valence-electron chi connectivity index (χ3n) is 3.88. The SMILES string of the molecule is CC1(Cc2cccc(F)c2)CN=C(N)N1Cc1cccs1. The van der Waals surface area contributed by atoms with Crippen molar-refractivity contribution in [3.63, 3.8) is 0 Å². The summed E-state index contributed by atoms with van der Waals surface area (Å²) < 4.78 is 13.4. The molecule has 2 aromatic rings. The van der Waals surface area contributed by atoms with Crippen LogP contribution in [0.5, 0.6) is 0 Å². The zero-order valence-corrected chi connectivity index (χ0v) is 12.7. The van der Waals surface area contributed by atoms with Crippen molar-refractivity contribution in [1.29, 1.82) is 0 Å². The van der Waals surface area contributed by atoms with Crippen LogP contribution in [0.1, 0.15) is 17.4 Å². The molecule has 0 saturated heterocycles. The predicted molar refractivity (Wildman–Crippen MR) is 84.9 cm³/mol. The van der Waals surface area contributed by atoms with Crippen molar-refractivity contribution in [2.75, 3.05) is 6.54 Å². The monoisotopic (exact) mass is 303 g/mol. The summed E-state index contributed by atoms with van der Waals surface area (Å²) in [6.07, 6.45) is 0.723. The minimum absolute atomic E-state index is 0.201. The first-order valence-corrected chi connectivity index (χ1v) is 7.79. The van der Waals surface area contributed by atoms with Crippen LogP contribution in [0.15, 0.2) is 46.8 Å². The number of nitrogens with zero attached hydrogens (tertiary/aromatic N) is 2. The molecule has 1 aromatic carbocycles. The zero-order chi connectivity index (χ0) is 14.9. The van der Waals surface area contributed by atoms with Crippen LogP contribution in [0.2, 0.25) is 0 Å². The minimum atomic E-state index is -0.206. The molecule has 1 aromatic heterocycles. The maximum atomic E-state index is 13.4. The lowest BCUT2D eigenvalue weighted by atomic mass is 9.92. The van der Waals surface area contributed by atoms with Gasteiger partial charge >= 0.3 is 0 Å². The molecule has 3 rings (SSSR count). The zero-order valence-electron chi connectivity index (χ0n) is 11.9. The molecule has 2 heterocycles. The second kappa shape index (κ2) is 5.48. The summed E-state index contributed by atoms with van der Waals surface area (Å²) in [7, 11) is 0. The molecule has 0 fully saturated rings. The van der Waals surface area contributed by atoms with Gasteiger partial charge in [-0.2, -0.15) is 0 Å². The van der Waals surface area contributed by atoms with E-state index in [1.165, 1.54) is 10.9 Å². The fraction of sp³-hybridized carbons (Fsp3) is 0.312. The molecular formula is C16H18FN3S. The Hall–Kier alpha value is -1.88. The molecule has 0 aliphatic carbocycles. The Balaban J connectivity index is 1.81. The van der Waals surface area contributed by atoms with E-state index in [1.807, 2.05) is 12.1 Å². The number of aliphatic imine (C=N–C) groups is 1. The van der Waals surface area contributed by atoms with Gasteiger partial charge in [-0.05, 0) is 42.5 Å². The minimum Gasteiger partial charge on any atom is -0.370 e. The first kappa shape index (κ1) is 14.1. The number of hydrogen-bond acceptors (Lipinski definition) is 4. The second-order valence-corrected chi connectivity index (χ2v) is 6.68. The van der Waals surface area contributed by atoms with Crippen LogP contribution < -0.4 is 5.73 Å². The van der Waals surface area contributed by atoms with Gasteiger partial charge in [-0.25, -0.2) is 4.39 Å². The lowest BCUT2D eigenvalue weighted by Gasteiger charge is -2.36. The highest BCUT2D eigenvalue weighted by Gasteiger charge is 2.38. The van der Waals surface area contributed by atoms with E-state index < -0.39 is 0 Å². The molecule has 0 spiro atoms. The highest BCUT2D eigenvalue weighted by atomic mass is 32.1. The third-order valence-corrected chi connectivity index (χ3v) is 4.74. The van der Waals surface area contributed by atoms with Crippen molar-refractivity contribution in [2.45, 2.75) is 25.4 Å². The Bertz CT molecular complexity index is 653. The second-order valence-electron chi connectivity index (χ2n) is 5.64. The van der Waals surface area contributed by atoms with Gasteiger partial charge in [-0.3, -0.25) is 4.99 Å². The number of benzene rings is 1. The first-order chi connectivity index (χ1) is 10.1. The molecular weight excluding hydrogens is 285 g/mol. The van der Waals surface area contributed by atoms with E-state index in [1.54, 1.807) is 23.5 Å². The largest absolute Gasteiger partial charge is 0.370 e. The number of guanidine groups is 1. The van der Waals surface area contributed by atoms with Gasteiger partial charge in [0.15, 0.2) is 5.96 Å². The van der Waals surface area contributed by atoms with E-state index >= 15 is 0 Å². The number of hydrogen-bond donors (Lipinski definition) is 1. The fourth-order valence-electron chi connectivity index (χ4n) is 2.77. The topological polar surface area (TPSA) is 41.6 Å². The molecule has 1 atom stereocenters. The Morgan fingerprint density at radius 2 is 2.24 bits per heavy atom. The molecule has 110 valence electrons. The van der Waals surface area contributed by atoms with Gasteiger partial charge in [0, 0.05) is 4.88 Å². The van der Waals surface area contributed by atoms with Crippen molar-refractivity contribution < 1.29 is 4.39 Å².